The molecule has 1 rings (SSSR count). The minimum absolute atomic E-state index is 0.121. The molecule has 0 aromatic heterocycles. The minimum Gasteiger partial charge on any atom is -0.444 e. The van der Waals surface area contributed by atoms with Crippen molar-refractivity contribution in [2.24, 2.45) is 0 Å². The van der Waals surface area contributed by atoms with Crippen molar-refractivity contribution in [3.05, 3.63) is 0 Å². The van der Waals surface area contributed by atoms with Crippen LogP contribution in [0.4, 0.5) is 4.79 Å². The average molecular weight is 313 g/mol. The number of rotatable bonds is 5. The summed E-state index contributed by atoms with van der Waals surface area (Å²) in [5, 5.41) is 5.95. The predicted octanol–water partition coefficient (Wildman–Crippen LogP) is 1.89. The van der Waals surface area contributed by atoms with Crippen molar-refractivity contribution in [2.75, 3.05) is 19.6 Å². The molecule has 1 aliphatic rings. The molecule has 2 amide bonds. The zero-order valence-corrected chi connectivity index (χ0v) is 14.8. The molecule has 0 bridgehead atoms. The lowest BCUT2D eigenvalue weighted by Crippen LogP contribution is -2.53. The maximum absolute atomic E-state index is 12.2. The second-order valence-corrected chi connectivity index (χ2v) is 7.67. The summed E-state index contributed by atoms with van der Waals surface area (Å²) in [4.78, 5) is 25.8. The summed E-state index contributed by atoms with van der Waals surface area (Å²) in [6.07, 6.45) is 1.72. The van der Waals surface area contributed by atoms with Gasteiger partial charge < -0.3 is 20.3 Å². The molecule has 1 saturated heterocycles. The summed E-state index contributed by atoms with van der Waals surface area (Å²) in [7, 11) is 0. The Balaban J connectivity index is 2.34. The van der Waals surface area contributed by atoms with Crippen LogP contribution in [0.3, 0.4) is 0 Å². The van der Waals surface area contributed by atoms with Crippen LogP contribution in [0.1, 0.15) is 54.4 Å². The van der Waals surface area contributed by atoms with Gasteiger partial charge in [-0.3, -0.25) is 4.79 Å². The maximum atomic E-state index is 12.2. The van der Waals surface area contributed by atoms with E-state index in [0.717, 1.165) is 19.4 Å². The first-order valence-corrected chi connectivity index (χ1v) is 8.01. The molecule has 0 spiro atoms. The number of hydrogen-bond acceptors (Lipinski definition) is 4. The number of carbonyl (C=O) groups excluding carboxylic acids is 2. The summed E-state index contributed by atoms with van der Waals surface area (Å²) in [5.74, 6) is 0.121. The number of nitrogens with one attached hydrogen (secondary N) is 2. The van der Waals surface area contributed by atoms with Crippen molar-refractivity contribution >= 4 is 12.0 Å². The highest BCUT2D eigenvalue weighted by molar-refractivity contribution is 5.79. The van der Waals surface area contributed by atoms with E-state index in [1.807, 2.05) is 39.5 Å². The van der Waals surface area contributed by atoms with Gasteiger partial charge in [0, 0.05) is 24.7 Å². The fourth-order valence-electron chi connectivity index (χ4n) is 2.39. The third kappa shape index (κ3) is 6.64. The highest BCUT2D eigenvalue weighted by atomic mass is 16.6. The largest absolute Gasteiger partial charge is 0.444 e. The molecule has 0 unspecified atom stereocenters. The summed E-state index contributed by atoms with van der Waals surface area (Å²) in [6.45, 7) is 13.0. The first kappa shape index (κ1) is 18.7. The lowest BCUT2D eigenvalue weighted by atomic mass is 10.1. The number of amides is 2. The molecule has 1 fully saturated rings. The molecule has 6 nitrogen and oxygen atoms in total. The van der Waals surface area contributed by atoms with Crippen LogP contribution in [-0.2, 0) is 9.53 Å². The Morgan fingerprint density at radius 3 is 2.36 bits per heavy atom. The smallest absolute Gasteiger partial charge is 0.407 e. The van der Waals surface area contributed by atoms with Crippen LogP contribution in [0, 0.1) is 0 Å². The highest BCUT2D eigenvalue weighted by Crippen LogP contribution is 2.16. The number of carbonyl (C=O) groups is 2. The normalized spacial score (nSPS) is 19.2. The average Bonchev–Trinajstić information content (AvgIpc) is 2.78. The van der Waals surface area contributed by atoms with E-state index in [4.69, 9.17) is 4.74 Å². The van der Waals surface area contributed by atoms with Crippen LogP contribution >= 0.6 is 0 Å². The van der Waals surface area contributed by atoms with Gasteiger partial charge in [-0.2, -0.15) is 0 Å². The molecule has 1 heterocycles. The lowest BCUT2D eigenvalue weighted by Gasteiger charge is -2.29. The summed E-state index contributed by atoms with van der Waals surface area (Å²) >= 11 is 0. The van der Waals surface area contributed by atoms with Gasteiger partial charge in [0.1, 0.15) is 5.60 Å². The van der Waals surface area contributed by atoms with Gasteiger partial charge in [-0.25, -0.2) is 4.79 Å². The van der Waals surface area contributed by atoms with E-state index in [1.165, 1.54) is 0 Å². The molecule has 0 radical (unpaired) electrons. The molecule has 0 aromatic rings. The van der Waals surface area contributed by atoms with E-state index >= 15 is 0 Å². The number of likely N-dealkylation sites (tertiary alicyclic amines) is 1. The van der Waals surface area contributed by atoms with Gasteiger partial charge in [0.2, 0.25) is 5.91 Å². The van der Waals surface area contributed by atoms with E-state index in [2.05, 4.69) is 17.6 Å². The predicted molar refractivity (Wildman–Crippen MR) is 86.7 cm³/mol. The molecular weight excluding hydrogens is 282 g/mol. The molecule has 0 saturated carbocycles. The Morgan fingerprint density at radius 2 is 1.86 bits per heavy atom. The number of nitrogens with zero attached hydrogens (tertiary/aromatic N) is 1. The first-order valence-electron chi connectivity index (χ1n) is 8.01. The summed E-state index contributed by atoms with van der Waals surface area (Å²) in [6, 6.07) is 0.331. The van der Waals surface area contributed by atoms with Gasteiger partial charge in [0.25, 0.3) is 0 Å². The second kappa shape index (κ2) is 7.31. The van der Waals surface area contributed by atoms with Crippen molar-refractivity contribution in [1.29, 1.82) is 0 Å². The number of ether oxygens (including phenoxy) is 1. The van der Waals surface area contributed by atoms with Crippen molar-refractivity contribution in [2.45, 2.75) is 71.6 Å². The number of hydrogen-bond donors (Lipinski definition) is 2. The van der Waals surface area contributed by atoms with Crippen LogP contribution in [0.25, 0.3) is 0 Å². The van der Waals surface area contributed by atoms with E-state index < -0.39 is 11.7 Å². The topological polar surface area (TPSA) is 70.7 Å². The SMILES string of the molecule is C[C@@H]1CCCN1C(=O)CNC(C)(C)CNC(=O)OC(C)(C)C. The van der Waals surface area contributed by atoms with Crippen LogP contribution in [0.5, 0.6) is 0 Å². The first-order chi connectivity index (χ1) is 10.0. The molecule has 0 aliphatic carbocycles. The van der Waals surface area contributed by atoms with Crippen molar-refractivity contribution < 1.29 is 14.3 Å². The molecule has 2 N–H and O–H groups in total. The van der Waals surface area contributed by atoms with Crippen molar-refractivity contribution in [3.63, 3.8) is 0 Å². The molecule has 22 heavy (non-hydrogen) atoms. The Morgan fingerprint density at radius 1 is 1.23 bits per heavy atom. The molecule has 1 aliphatic heterocycles. The zero-order chi connectivity index (χ0) is 17.0. The van der Waals surface area contributed by atoms with Crippen molar-refractivity contribution in [3.8, 4) is 0 Å². The monoisotopic (exact) mass is 313 g/mol. The van der Waals surface area contributed by atoms with Gasteiger partial charge in [-0.15, -0.1) is 0 Å². The van der Waals surface area contributed by atoms with Gasteiger partial charge in [0.15, 0.2) is 0 Å². The lowest BCUT2D eigenvalue weighted by molar-refractivity contribution is -0.131. The van der Waals surface area contributed by atoms with E-state index in [0.29, 0.717) is 12.6 Å². The van der Waals surface area contributed by atoms with Gasteiger partial charge >= 0.3 is 6.09 Å². The van der Waals surface area contributed by atoms with Gasteiger partial charge in [-0.05, 0) is 54.4 Å². The highest BCUT2D eigenvalue weighted by Gasteiger charge is 2.27. The molecule has 0 aromatic carbocycles. The third-order valence-corrected chi connectivity index (χ3v) is 3.67. The molecule has 128 valence electrons. The molecule has 6 heteroatoms. The fraction of sp³-hybridized carbons (Fsp3) is 0.875. The summed E-state index contributed by atoms with van der Waals surface area (Å²) < 4.78 is 5.20. The minimum atomic E-state index is -0.510. The third-order valence-electron chi connectivity index (χ3n) is 3.67. The van der Waals surface area contributed by atoms with Crippen LogP contribution < -0.4 is 10.6 Å². The Bertz CT molecular complexity index is 402. The Labute approximate surface area is 134 Å². The van der Waals surface area contributed by atoms with Crippen LogP contribution in [0.2, 0.25) is 0 Å². The van der Waals surface area contributed by atoms with Gasteiger partial charge in [0.05, 0.1) is 6.54 Å². The maximum Gasteiger partial charge on any atom is 0.407 e. The molecular formula is C16H31N3O3. The van der Waals surface area contributed by atoms with E-state index in [-0.39, 0.29) is 18.0 Å². The van der Waals surface area contributed by atoms with Crippen LogP contribution in [0.15, 0.2) is 0 Å². The van der Waals surface area contributed by atoms with E-state index in [1.54, 1.807) is 0 Å². The van der Waals surface area contributed by atoms with Gasteiger partial charge in [-0.1, -0.05) is 0 Å². The molecule has 1 atom stereocenters. The van der Waals surface area contributed by atoms with Crippen molar-refractivity contribution in [1.82, 2.24) is 15.5 Å². The second-order valence-electron chi connectivity index (χ2n) is 7.67. The Kier molecular flexibility index (Phi) is 6.23. The number of alkyl carbamates (subject to hydrolysis) is 1. The zero-order valence-electron chi connectivity index (χ0n) is 14.8. The fourth-order valence-corrected chi connectivity index (χ4v) is 2.39. The Hall–Kier alpha value is -1.30. The quantitative estimate of drug-likeness (QED) is 0.813. The standard InChI is InChI=1S/C16H31N3O3/c1-12-8-7-9-19(12)13(20)10-18-16(5,6)11-17-14(21)22-15(2,3)4/h12,18H,7-11H2,1-6H3,(H,17,21)/t12-/m1/s1. The van der Waals surface area contributed by atoms with E-state index in [9.17, 15) is 9.59 Å². The summed E-state index contributed by atoms with van der Waals surface area (Å²) in [5.41, 5.74) is -0.890. The van der Waals surface area contributed by atoms with Crippen LogP contribution in [-0.4, -0.2) is 53.7 Å².